The summed E-state index contributed by atoms with van der Waals surface area (Å²) in [5, 5.41) is 14.7. The molecule has 0 spiro atoms. The standard InChI is InChI=1S/C23H45N9O5/c24-11-3-1-7-15(26)21(35)32-14-6-10-18(32)20(34)30-16(9-5-13-29-23(27)28)19(33)31-17(22(36)37)8-2-4-12-25/h15-18H,1-14,24-26H2,(H,30,34)(H,31,33)(H,36,37)(H4,27,28,29). The van der Waals surface area contributed by atoms with Crippen molar-refractivity contribution in [3.05, 3.63) is 0 Å². The molecule has 1 rings (SSSR count). The Bertz CT molecular complexity index is 776. The molecule has 1 aliphatic heterocycles. The van der Waals surface area contributed by atoms with Gasteiger partial charge in [0.05, 0.1) is 6.04 Å². The van der Waals surface area contributed by atoms with Gasteiger partial charge in [-0.1, -0.05) is 6.42 Å². The Morgan fingerprint density at radius 3 is 2.14 bits per heavy atom. The van der Waals surface area contributed by atoms with E-state index in [4.69, 9.17) is 28.7 Å². The van der Waals surface area contributed by atoms with Crippen LogP contribution in [0.1, 0.15) is 64.2 Å². The van der Waals surface area contributed by atoms with Gasteiger partial charge in [-0.2, -0.15) is 0 Å². The van der Waals surface area contributed by atoms with Crippen LogP contribution in [-0.2, 0) is 19.2 Å². The van der Waals surface area contributed by atoms with Crippen LogP contribution in [0.5, 0.6) is 0 Å². The van der Waals surface area contributed by atoms with Gasteiger partial charge in [0.2, 0.25) is 17.7 Å². The second-order valence-corrected chi connectivity index (χ2v) is 9.27. The Kier molecular flexibility index (Phi) is 15.1. The highest BCUT2D eigenvalue weighted by Gasteiger charge is 2.37. The first-order chi connectivity index (χ1) is 17.6. The number of likely N-dealkylation sites (tertiary alicyclic amines) is 1. The number of carboxylic acid groups (broad SMARTS) is 1. The van der Waals surface area contributed by atoms with E-state index in [1.54, 1.807) is 0 Å². The molecule has 0 aromatic heterocycles. The van der Waals surface area contributed by atoms with Gasteiger partial charge < -0.3 is 49.3 Å². The first-order valence-corrected chi connectivity index (χ1v) is 13.0. The molecule has 0 radical (unpaired) electrons. The average molecular weight is 528 g/mol. The second-order valence-electron chi connectivity index (χ2n) is 9.27. The van der Waals surface area contributed by atoms with Crippen molar-refractivity contribution in [3.63, 3.8) is 0 Å². The number of guanidine groups is 1. The van der Waals surface area contributed by atoms with Gasteiger partial charge in [-0.25, -0.2) is 4.79 Å². The summed E-state index contributed by atoms with van der Waals surface area (Å²) in [7, 11) is 0. The number of unbranched alkanes of at least 4 members (excludes halogenated alkanes) is 2. The van der Waals surface area contributed by atoms with Crippen molar-refractivity contribution in [1.29, 1.82) is 0 Å². The van der Waals surface area contributed by atoms with E-state index in [9.17, 15) is 24.3 Å². The molecule has 13 N–H and O–H groups in total. The van der Waals surface area contributed by atoms with Crippen LogP contribution in [0.4, 0.5) is 0 Å². The van der Waals surface area contributed by atoms with Crippen LogP contribution in [0.15, 0.2) is 4.99 Å². The molecule has 4 unspecified atom stereocenters. The van der Waals surface area contributed by atoms with Gasteiger partial charge in [0.15, 0.2) is 5.96 Å². The van der Waals surface area contributed by atoms with Crippen LogP contribution in [0.2, 0.25) is 0 Å². The van der Waals surface area contributed by atoms with E-state index in [1.165, 1.54) is 4.90 Å². The predicted molar refractivity (Wildman–Crippen MR) is 140 cm³/mol. The molecule has 1 heterocycles. The van der Waals surface area contributed by atoms with Gasteiger partial charge in [-0.05, 0) is 70.9 Å². The summed E-state index contributed by atoms with van der Waals surface area (Å²) in [5.74, 6) is -2.70. The van der Waals surface area contributed by atoms with E-state index >= 15 is 0 Å². The molecule has 0 aliphatic carbocycles. The van der Waals surface area contributed by atoms with Crippen molar-refractivity contribution in [2.45, 2.75) is 88.4 Å². The molecule has 0 aromatic rings. The van der Waals surface area contributed by atoms with E-state index < -0.39 is 42.0 Å². The third kappa shape index (κ3) is 11.7. The highest BCUT2D eigenvalue weighted by molar-refractivity contribution is 5.94. The highest BCUT2D eigenvalue weighted by atomic mass is 16.4. The number of rotatable bonds is 18. The number of aliphatic carboxylic acids is 1. The summed E-state index contributed by atoms with van der Waals surface area (Å²) >= 11 is 0. The van der Waals surface area contributed by atoms with Gasteiger partial charge in [0.1, 0.15) is 18.1 Å². The Hall–Kier alpha value is -2.97. The Morgan fingerprint density at radius 1 is 0.919 bits per heavy atom. The zero-order chi connectivity index (χ0) is 27.8. The molecular weight excluding hydrogens is 482 g/mol. The normalized spacial score (nSPS) is 17.5. The van der Waals surface area contributed by atoms with Crippen molar-refractivity contribution >= 4 is 29.7 Å². The molecule has 3 amide bonds. The van der Waals surface area contributed by atoms with Gasteiger partial charge in [-0.3, -0.25) is 19.4 Å². The van der Waals surface area contributed by atoms with Crippen molar-refractivity contribution in [1.82, 2.24) is 15.5 Å². The summed E-state index contributed by atoms with van der Waals surface area (Å²) in [6, 6.07) is -3.65. The lowest BCUT2D eigenvalue weighted by Crippen LogP contribution is -2.56. The fourth-order valence-corrected chi connectivity index (χ4v) is 4.21. The van der Waals surface area contributed by atoms with Crippen LogP contribution in [0.25, 0.3) is 0 Å². The summed E-state index contributed by atoms with van der Waals surface area (Å²) in [6.45, 7) is 1.55. The van der Waals surface area contributed by atoms with Crippen molar-refractivity contribution in [2.24, 2.45) is 33.7 Å². The third-order valence-electron chi connectivity index (χ3n) is 6.26. The number of carbonyl (C=O) groups is 4. The summed E-state index contributed by atoms with van der Waals surface area (Å²) in [5.41, 5.74) is 27.7. The predicted octanol–water partition coefficient (Wildman–Crippen LogP) is -2.33. The van der Waals surface area contributed by atoms with Crippen LogP contribution < -0.4 is 39.3 Å². The number of nitrogens with two attached hydrogens (primary N) is 5. The van der Waals surface area contributed by atoms with Gasteiger partial charge in [0.25, 0.3) is 0 Å². The monoisotopic (exact) mass is 527 g/mol. The van der Waals surface area contributed by atoms with Gasteiger partial charge in [-0.15, -0.1) is 0 Å². The van der Waals surface area contributed by atoms with Crippen LogP contribution in [0, 0.1) is 0 Å². The van der Waals surface area contributed by atoms with Crippen molar-refractivity contribution in [2.75, 3.05) is 26.2 Å². The molecule has 14 nitrogen and oxygen atoms in total. The molecule has 4 atom stereocenters. The SMILES string of the molecule is NCCCCC(N)C(=O)N1CCCC1C(=O)NC(CCCN=C(N)N)C(=O)NC(CCCCN)C(=O)O. The van der Waals surface area contributed by atoms with E-state index in [1.807, 2.05) is 0 Å². The first kappa shape index (κ1) is 32.1. The number of aliphatic imine (C=N–C) groups is 1. The minimum absolute atomic E-state index is 0.0983. The molecule has 0 aromatic carbocycles. The quantitative estimate of drug-likeness (QED) is 0.0535. The number of carboxylic acids is 1. The van der Waals surface area contributed by atoms with E-state index in [-0.39, 0.29) is 31.3 Å². The Morgan fingerprint density at radius 2 is 1.54 bits per heavy atom. The van der Waals surface area contributed by atoms with Gasteiger partial charge >= 0.3 is 5.97 Å². The molecule has 0 bridgehead atoms. The van der Waals surface area contributed by atoms with Crippen LogP contribution in [0.3, 0.4) is 0 Å². The molecular formula is C23H45N9O5. The fourth-order valence-electron chi connectivity index (χ4n) is 4.21. The fraction of sp³-hybridized carbons (Fsp3) is 0.783. The lowest BCUT2D eigenvalue weighted by molar-refractivity contribution is -0.143. The maximum atomic E-state index is 13.2. The minimum Gasteiger partial charge on any atom is -0.480 e. The average Bonchev–Trinajstić information content (AvgIpc) is 3.34. The largest absolute Gasteiger partial charge is 0.480 e. The zero-order valence-electron chi connectivity index (χ0n) is 21.6. The molecule has 0 saturated carbocycles. The van der Waals surface area contributed by atoms with Crippen molar-refractivity contribution in [3.8, 4) is 0 Å². The van der Waals surface area contributed by atoms with E-state index in [0.29, 0.717) is 64.6 Å². The number of hydrogen-bond acceptors (Lipinski definition) is 8. The summed E-state index contributed by atoms with van der Waals surface area (Å²) in [4.78, 5) is 56.1. The van der Waals surface area contributed by atoms with Crippen molar-refractivity contribution < 1.29 is 24.3 Å². The number of carbonyl (C=O) groups excluding carboxylic acids is 3. The molecule has 212 valence electrons. The first-order valence-electron chi connectivity index (χ1n) is 13.0. The highest BCUT2D eigenvalue weighted by Crippen LogP contribution is 2.20. The number of amides is 3. The smallest absolute Gasteiger partial charge is 0.326 e. The summed E-state index contributed by atoms with van der Waals surface area (Å²) in [6.07, 6.45) is 4.89. The second kappa shape index (κ2) is 17.5. The number of nitrogens with one attached hydrogen (secondary N) is 2. The molecule has 37 heavy (non-hydrogen) atoms. The van der Waals surface area contributed by atoms with Crippen LogP contribution >= 0.6 is 0 Å². The number of hydrogen-bond donors (Lipinski definition) is 8. The van der Waals surface area contributed by atoms with Gasteiger partial charge in [0, 0.05) is 13.1 Å². The van der Waals surface area contributed by atoms with E-state index in [2.05, 4.69) is 15.6 Å². The lowest BCUT2D eigenvalue weighted by Gasteiger charge is -2.28. The Balaban J connectivity index is 2.90. The molecule has 1 saturated heterocycles. The van der Waals surface area contributed by atoms with E-state index in [0.717, 1.165) is 6.42 Å². The maximum Gasteiger partial charge on any atom is 0.326 e. The maximum absolute atomic E-state index is 13.2. The number of nitrogens with zero attached hydrogens (tertiary/aromatic N) is 2. The molecule has 1 aliphatic rings. The molecule has 14 heteroatoms. The third-order valence-corrected chi connectivity index (χ3v) is 6.26. The summed E-state index contributed by atoms with van der Waals surface area (Å²) < 4.78 is 0. The lowest BCUT2D eigenvalue weighted by atomic mass is 10.1. The topological polar surface area (TPSA) is 258 Å². The minimum atomic E-state index is -1.17. The Labute approximate surface area is 218 Å². The van der Waals surface area contributed by atoms with Crippen LogP contribution in [-0.4, -0.2) is 90.0 Å². The molecule has 1 fully saturated rings. The zero-order valence-corrected chi connectivity index (χ0v) is 21.6.